The molecule has 0 spiro atoms. The first kappa shape index (κ1) is 15.4. The number of aromatic hydroxyl groups is 1. The fourth-order valence-corrected chi connectivity index (χ4v) is 2.22. The fourth-order valence-electron chi connectivity index (χ4n) is 2.22. The number of phenolic OH excluding ortho intramolecular Hbond substituents is 1. The highest BCUT2D eigenvalue weighted by molar-refractivity contribution is 6.06. The number of benzene rings is 2. The van der Waals surface area contributed by atoms with Crippen molar-refractivity contribution >= 4 is 17.5 Å². The van der Waals surface area contributed by atoms with Crippen LogP contribution in [0.1, 0.15) is 17.3 Å². The maximum Gasteiger partial charge on any atom is 0.316 e. The minimum absolute atomic E-state index is 0.0689. The van der Waals surface area contributed by atoms with Crippen LogP contribution < -0.4 is 15.8 Å². The molecule has 6 heteroatoms. The molecule has 2 aromatic carbocycles. The number of hydrogen-bond acceptors (Lipinski definition) is 4. The molecule has 2 aromatic rings. The van der Waals surface area contributed by atoms with Crippen LogP contribution in [0.2, 0.25) is 0 Å². The zero-order valence-corrected chi connectivity index (χ0v) is 12.2. The quantitative estimate of drug-likeness (QED) is 0.755. The zero-order valence-electron chi connectivity index (χ0n) is 12.2. The van der Waals surface area contributed by atoms with Gasteiger partial charge in [-0.1, -0.05) is 12.1 Å². The van der Waals surface area contributed by atoms with Gasteiger partial charge in [0.2, 0.25) is 0 Å². The van der Waals surface area contributed by atoms with Crippen molar-refractivity contribution in [2.24, 2.45) is 5.73 Å². The van der Waals surface area contributed by atoms with E-state index in [9.17, 15) is 14.7 Å². The van der Waals surface area contributed by atoms with Gasteiger partial charge in [0.25, 0.3) is 0 Å². The van der Waals surface area contributed by atoms with Gasteiger partial charge in [0, 0.05) is 22.8 Å². The molecule has 0 radical (unpaired) electrons. The molecule has 22 heavy (non-hydrogen) atoms. The fraction of sp³-hybridized carbons (Fsp3) is 0.125. The number of methoxy groups -OCH3 is 1. The summed E-state index contributed by atoms with van der Waals surface area (Å²) in [6.07, 6.45) is 0. The lowest BCUT2D eigenvalue weighted by Crippen LogP contribution is -2.20. The van der Waals surface area contributed by atoms with Crippen LogP contribution in [0.5, 0.6) is 11.5 Å². The van der Waals surface area contributed by atoms with E-state index < -0.39 is 6.03 Å². The number of ketones is 1. The van der Waals surface area contributed by atoms with Crippen LogP contribution in [-0.4, -0.2) is 24.0 Å². The largest absolute Gasteiger partial charge is 0.507 e. The maximum absolute atomic E-state index is 11.9. The SMILES string of the molecule is COc1ccc(-c2c(NC(N)=O)cccc2C(C)=O)c(O)c1. The number of hydrogen-bond donors (Lipinski definition) is 3. The van der Waals surface area contributed by atoms with Crippen molar-refractivity contribution in [2.75, 3.05) is 12.4 Å². The highest BCUT2D eigenvalue weighted by Gasteiger charge is 2.18. The number of nitrogens with one attached hydrogen (secondary N) is 1. The Kier molecular flexibility index (Phi) is 4.31. The van der Waals surface area contributed by atoms with Gasteiger partial charge in [0.15, 0.2) is 5.78 Å². The Labute approximate surface area is 127 Å². The van der Waals surface area contributed by atoms with E-state index in [2.05, 4.69) is 5.32 Å². The molecule has 0 atom stereocenters. The van der Waals surface area contributed by atoms with Gasteiger partial charge in [-0.2, -0.15) is 0 Å². The van der Waals surface area contributed by atoms with Crippen LogP contribution in [0.4, 0.5) is 10.5 Å². The number of carbonyl (C=O) groups excluding carboxylic acids is 2. The number of nitrogens with two attached hydrogens (primary N) is 1. The average molecular weight is 300 g/mol. The molecule has 6 nitrogen and oxygen atoms in total. The highest BCUT2D eigenvalue weighted by atomic mass is 16.5. The van der Waals surface area contributed by atoms with Crippen LogP contribution in [0.15, 0.2) is 36.4 Å². The van der Waals surface area contributed by atoms with Gasteiger partial charge in [-0.25, -0.2) is 4.79 Å². The Bertz CT molecular complexity index is 741. The summed E-state index contributed by atoms with van der Waals surface area (Å²) in [6.45, 7) is 1.41. The number of ether oxygens (including phenoxy) is 1. The molecular formula is C16H16N2O4. The molecule has 2 amide bonds. The first-order valence-corrected chi connectivity index (χ1v) is 6.51. The number of phenols is 1. The monoisotopic (exact) mass is 300 g/mol. The summed E-state index contributed by atoms with van der Waals surface area (Å²) in [4.78, 5) is 23.0. The third-order valence-electron chi connectivity index (χ3n) is 3.18. The molecule has 0 aliphatic rings. The first-order valence-electron chi connectivity index (χ1n) is 6.51. The second-order valence-corrected chi connectivity index (χ2v) is 4.66. The predicted molar refractivity (Wildman–Crippen MR) is 83.3 cm³/mol. The van der Waals surface area contributed by atoms with Gasteiger partial charge in [0.05, 0.1) is 12.8 Å². The van der Waals surface area contributed by atoms with Crippen molar-refractivity contribution in [3.8, 4) is 22.6 Å². The summed E-state index contributed by atoms with van der Waals surface area (Å²) >= 11 is 0. The predicted octanol–water partition coefficient (Wildman–Crippen LogP) is 2.76. The second-order valence-electron chi connectivity index (χ2n) is 4.66. The van der Waals surface area contributed by atoms with Gasteiger partial charge in [-0.3, -0.25) is 4.79 Å². The number of anilines is 1. The van der Waals surface area contributed by atoms with Gasteiger partial charge < -0.3 is 20.9 Å². The van der Waals surface area contributed by atoms with Gasteiger partial charge in [-0.15, -0.1) is 0 Å². The molecule has 0 heterocycles. The van der Waals surface area contributed by atoms with Crippen LogP contribution in [0, 0.1) is 0 Å². The smallest absolute Gasteiger partial charge is 0.316 e. The maximum atomic E-state index is 11.9. The number of Topliss-reactive ketones (excluding diaryl/α,β-unsaturated/α-hetero) is 1. The van der Waals surface area contributed by atoms with E-state index in [-0.39, 0.29) is 11.5 Å². The van der Waals surface area contributed by atoms with E-state index in [0.717, 1.165) is 0 Å². The standard InChI is InChI=1S/C16H16N2O4/c1-9(19)11-4-3-5-13(18-16(17)21)15(11)12-7-6-10(22-2)8-14(12)20/h3-8,20H,1-2H3,(H3,17,18,21). The Balaban J connectivity index is 2.70. The van der Waals surface area contributed by atoms with Crippen molar-refractivity contribution < 1.29 is 19.4 Å². The number of rotatable bonds is 4. The van der Waals surface area contributed by atoms with E-state index in [4.69, 9.17) is 10.5 Å². The molecular weight excluding hydrogens is 284 g/mol. The molecule has 0 unspecified atom stereocenters. The lowest BCUT2D eigenvalue weighted by molar-refractivity contribution is 0.101. The zero-order chi connectivity index (χ0) is 16.3. The summed E-state index contributed by atoms with van der Waals surface area (Å²) < 4.78 is 5.04. The Morgan fingerprint density at radius 3 is 2.50 bits per heavy atom. The van der Waals surface area contributed by atoms with Crippen molar-refractivity contribution in [2.45, 2.75) is 6.92 Å². The number of urea groups is 1. The summed E-state index contributed by atoms with van der Waals surface area (Å²) in [5.74, 6) is 0.213. The summed E-state index contributed by atoms with van der Waals surface area (Å²) in [6, 6.07) is 8.80. The summed E-state index contributed by atoms with van der Waals surface area (Å²) in [5, 5.41) is 12.7. The van der Waals surface area contributed by atoms with Crippen LogP contribution >= 0.6 is 0 Å². The molecule has 0 aliphatic carbocycles. The lowest BCUT2D eigenvalue weighted by atomic mass is 9.94. The van der Waals surface area contributed by atoms with Crippen molar-refractivity contribution in [3.63, 3.8) is 0 Å². The third kappa shape index (κ3) is 3.01. The normalized spacial score (nSPS) is 10.1. The van der Waals surface area contributed by atoms with Gasteiger partial charge in [0.1, 0.15) is 11.5 Å². The Morgan fingerprint density at radius 1 is 1.23 bits per heavy atom. The van der Waals surface area contributed by atoms with Crippen LogP contribution in [0.3, 0.4) is 0 Å². The number of primary amides is 1. The van der Waals surface area contributed by atoms with E-state index in [1.807, 2.05) is 0 Å². The minimum atomic E-state index is -0.755. The summed E-state index contributed by atoms with van der Waals surface area (Å²) in [7, 11) is 1.48. The lowest BCUT2D eigenvalue weighted by Gasteiger charge is -2.15. The van der Waals surface area contributed by atoms with Crippen molar-refractivity contribution in [1.82, 2.24) is 0 Å². The van der Waals surface area contributed by atoms with E-state index in [1.54, 1.807) is 30.3 Å². The Hall–Kier alpha value is -3.02. The number of carbonyl (C=O) groups is 2. The molecule has 0 saturated carbocycles. The topological polar surface area (TPSA) is 102 Å². The molecule has 0 fully saturated rings. The van der Waals surface area contributed by atoms with Crippen molar-refractivity contribution in [1.29, 1.82) is 0 Å². The molecule has 114 valence electrons. The van der Waals surface area contributed by atoms with Crippen LogP contribution in [0.25, 0.3) is 11.1 Å². The Morgan fingerprint density at radius 2 is 1.95 bits per heavy atom. The third-order valence-corrected chi connectivity index (χ3v) is 3.18. The molecule has 0 bridgehead atoms. The van der Waals surface area contributed by atoms with Crippen molar-refractivity contribution in [3.05, 3.63) is 42.0 Å². The molecule has 0 aliphatic heterocycles. The second kappa shape index (κ2) is 6.17. The van der Waals surface area contributed by atoms with E-state index >= 15 is 0 Å². The molecule has 0 aromatic heterocycles. The van der Waals surface area contributed by atoms with Gasteiger partial charge in [-0.05, 0) is 25.1 Å². The average Bonchev–Trinajstić information content (AvgIpc) is 2.46. The number of amides is 2. The summed E-state index contributed by atoms with van der Waals surface area (Å²) in [5.41, 5.74) is 6.69. The molecule has 2 rings (SSSR count). The van der Waals surface area contributed by atoms with Gasteiger partial charge >= 0.3 is 6.03 Å². The molecule has 0 saturated heterocycles. The molecule has 4 N–H and O–H groups in total. The van der Waals surface area contributed by atoms with E-state index in [1.165, 1.54) is 20.1 Å². The first-order chi connectivity index (χ1) is 10.4. The van der Waals surface area contributed by atoms with E-state index in [0.29, 0.717) is 28.1 Å². The minimum Gasteiger partial charge on any atom is -0.507 e. The van der Waals surface area contributed by atoms with Crippen LogP contribution in [-0.2, 0) is 0 Å². The highest BCUT2D eigenvalue weighted by Crippen LogP contribution is 2.39.